The topological polar surface area (TPSA) is 80.8 Å². The Morgan fingerprint density at radius 3 is 2.14 bits per heavy atom. The third kappa shape index (κ3) is 6.99. The van der Waals surface area contributed by atoms with Crippen LogP contribution in [0.1, 0.15) is 32.3 Å². The fourth-order valence-electron chi connectivity index (χ4n) is 4.56. The van der Waals surface area contributed by atoms with Gasteiger partial charge in [-0.2, -0.15) is 0 Å². The number of nitrogens with zero attached hydrogens (tertiary/aromatic N) is 2. The molecule has 198 valence electrons. The molecule has 0 saturated carbocycles. The van der Waals surface area contributed by atoms with E-state index in [-0.39, 0.29) is 16.8 Å². The number of sulfone groups is 1. The number of halogens is 1. The van der Waals surface area contributed by atoms with Crippen LogP contribution in [0, 0.1) is 5.82 Å². The van der Waals surface area contributed by atoms with Gasteiger partial charge in [0.15, 0.2) is 9.84 Å². The summed E-state index contributed by atoms with van der Waals surface area (Å²) in [5.41, 5.74) is 2.79. The zero-order chi connectivity index (χ0) is 26.4. The van der Waals surface area contributed by atoms with E-state index in [1.54, 1.807) is 24.3 Å². The maximum atomic E-state index is 13.5. The number of hydrogen-bond acceptors (Lipinski definition) is 7. The number of hydrogen-bond donors (Lipinski definition) is 1. The van der Waals surface area contributed by atoms with E-state index >= 15 is 0 Å². The van der Waals surface area contributed by atoms with Crippen molar-refractivity contribution in [2.45, 2.75) is 44.2 Å². The third-order valence-corrected chi connectivity index (χ3v) is 7.47. The first kappa shape index (κ1) is 26.9. The summed E-state index contributed by atoms with van der Waals surface area (Å²) in [6.45, 7) is 7.50. The quantitative estimate of drug-likeness (QED) is 0.390. The van der Waals surface area contributed by atoms with Gasteiger partial charge in [-0.05, 0) is 74.2 Å². The Morgan fingerprint density at radius 1 is 1.00 bits per heavy atom. The van der Waals surface area contributed by atoms with Crippen LogP contribution in [0.4, 0.5) is 10.2 Å². The van der Waals surface area contributed by atoms with E-state index in [0.29, 0.717) is 19.0 Å². The van der Waals surface area contributed by atoms with E-state index in [2.05, 4.69) is 27.3 Å². The van der Waals surface area contributed by atoms with Gasteiger partial charge in [-0.25, -0.2) is 17.8 Å². The Balaban J connectivity index is 1.44. The first-order chi connectivity index (χ1) is 17.8. The highest BCUT2D eigenvalue weighted by Crippen LogP contribution is 2.40. The Hall–Kier alpha value is -3.17. The molecule has 9 heteroatoms. The van der Waals surface area contributed by atoms with Crippen molar-refractivity contribution in [1.82, 2.24) is 9.88 Å². The van der Waals surface area contributed by atoms with Gasteiger partial charge in [0.2, 0.25) is 0 Å². The minimum absolute atomic E-state index is 0.219. The van der Waals surface area contributed by atoms with Gasteiger partial charge < -0.3 is 14.8 Å². The molecule has 1 N–H and O–H groups in total. The maximum Gasteiger partial charge on any atom is 0.177 e. The van der Waals surface area contributed by atoms with Crippen LogP contribution in [0.3, 0.4) is 0 Å². The molecular formula is C28H34FN3O4S. The van der Waals surface area contributed by atoms with Gasteiger partial charge in [-0.15, -0.1) is 0 Å². The molecular weight excluding hydrogens is 493 g/mol. The van der Waals surface area contributed by atoms with E-state index in [9.17, 15) is 12.8 Å². The lowest BCUT2D eigenvalue weighted by Crippen LogP contribution is -2.38. The number of aromatic nitrogens is 1. The van der Waals surface area contributed by atoms with Crippen molar-refractivity contribution in [3.63, 3.8) is 0 Å². The lowest BCUT2D eigenvalue weighted by molar-refractivity contribution is 0.210. The molecule has 0 spiro atoms. The Bertz CT molecular complexity index is 1260. The number of likely N-dealkylation sites (tertiary alicyclic amines) is 1. The second kappa shape index (κ2) is 11.9. The van der Waals surface area contributed by atoms with Crippen molar-refractivity contribution < 1.29 is 22.3 Å². The molecule has 0 aliphatic carbocycles. The Kier molecular flexibility index (Phi) is 8.66. The Labute approximate surface area is 218 Å². The highest BCUT2D eigenvalue weighted by Gasteiger charge is 2.22. The van der Waals surface area contributed by atoms with Crippen LogP contribution >= 0.6 is 0 Å². The summed E-state index contributed by atoms with van der Waals surface area (Å²) in [6, 6.07) is 14.1. The first-order valence-electron chi connectivity index (χ1n) is 12.6. The summed E-state index contributed by atoms with van der Waals surface area (Å²) in [5.74, 6) is 1.87. The van der Waals surface area contributed by atoms with E-state index in [1.165, 1.54) is 24.6 Å². The monoisotopic (exact) mass is 527 g/mol. The number of benzene rings is 2. The second-order valence-corrected chi connectivity index (χ2v) is 11.2. The molecule has 0 unspecified atom stereocenters. The highest BCUT2D eigenvalue weighted by atomic mass is 32.2. The average Bonchev–Trinajstić information content (AvgIpc) is 2.86. The molecule has 2 aromatic carbocycles. The largest absolute Gasteiger partial charge is 0.493 e. The molecule has 0 amide bonds. The average molecular weight is 528 g/mol. The van der Waals surface area contributed by atoms with Crippen molar-refractivity contribution in [3.8, 4) is 22.6 Å². The van der Waals surface area contributed by atoms with Crippen LogP contribution in [0.25, 0.3) is 11.1 Å². The number of pyridine rings is 1. The number of anilines is 1. The van der Waals surface area contributed by atoms with Crippen molar-refractivity contribution in [3.05, 3.63) is 66.1 Å². The number of piperidine rings is 1. The highest BCUT2D eigenvalue weighted by molar-refractivity contribution is 7.90. The van der Waals surface area contributed by atoms with E-state index < -0.39 is 9.84 Å². The summed E-state index contributed by atoms with van der Waals surface area (Å²) < 4.78 is 48.8. The smallest absolute Gasteiger partial charge is 0.177 e. The predicted octanol–water partition coefficient (Wildman–Crippen LogP) is 5.17. The molecule has 1 aromatic heterocycles. The van der Waals surface area contributed by atoms with E-state index in [4.69, 9.17) is 9.47 Å². The van der Waals surface area contributed by atoms with Gasteiger partial charge in [0.1, 0.15) is 23.1 Å². The number of nitrogens with one attached hydrogen (secondary N) is 1. The molecule has 0 atom stereocenters. The summed E-state index contributed by atoms with van der Waals surface area (Å²) >= 11 is 0. The van der Waals surface area contributed by atoms with Crippen LogP contribution in [0.2, 0.25) is 0 Å². The fraction of sp³-hybridized carbons (Fsp3) is 0.393. The SMILES string of the molecule is CCOc1cc(CN2CCC(Nc3ccc(S(C)(=O)=O)cn3)CC2)cc(OCC)c1-c1ccc(F)cc1. The Morgan fingerprint density at radius 2 is 1.62 bits per heavy atom. The molecule has 1 aliphatic rings. The molecule has 2 heterocycles. The van der Waals surface area contributed by atoms with Gasteiger partial charge >= 0.3 is 0 Å². The second-order valence-electron chi connectivity index (χ2n) is 9.19. The zero-order valence-corrected chi connectivity index (χ0v) is 22.4. The normalized spacial score (nSPS) is 14.9. The molecule has 0 radical (unpaired) electrons. The standard InChI is InChI=1S/C28H34FN3O4S/c1-4-35-25-16-20(17-26(36-5-2)28(25)21-6-8-22(29)9-7-21)19-32-14-12-23(13-15-32)31-27-11-10-24(18-30-27)37(3,33)34/h6-11,16-18,23H,4-5,12-15,19H2,1-3H3,(H,30,31). The molecule has 1 saturated heterocycles. The number of ether oxygens (including phenoxy) is 2. The molecule has 0 bridgehead atoms. The molecule has 7 nitrogen and oxygen atoms in total. The molecule has 3 aromatic rings. The molecule has 1 fully saturated rings. The predicted molar refractivity (Wildman–Crippen MR) is 143 cm³/mol. The van der Waals surface area contributed by atoms with Crippen LogP contribution in [0.15, 0.2) is 59.6 Å². The lowest BCUT2D eigenvalue weighted by Gasteiger charge is -2.33. The van der Waals surface area contributed by atoms with Gasteiger partial charge in [0.05, 0.1) is 23.7 Å². The summed E-state index contributed by atoms with van der Waals surface area (Å²) in [6.07, 6.45) is 4.46. The van der Waals surface area contributed by atoms with Crippen LogP contribution in [-0.4, -0.2) is 56.9 Å². The van der Waals surface area contributed by atoms with Gasteiger partial charge in [-0.3, -0.25) is 4.90 Å². The van der Waals surface area contributed by atoms with Crippen molar-refractivity contribution in [2.24, 2.45) is 0 Å². The maximum absolute atomic E-state index is 13.5. The summed E-state index contributed by atoms with van der Waals surface area (Å²) in [7, 11) is -3.25. The third-order valence-electron chi connectivity index (χ3n) is 6.37. The van der Waals surface area contributed by atoms with Crippen molar-refractivity contribution in [1.29, 1.82) is 0 Å². The zero-order valence-electron chi connectivity index (χ0n) is 21.5. The minimum Gasteiger partial charge on any atom is -0.493 e. The number of rotatable bonds is 10. The molecule has 4 rings (SSSR count). The van der Waals surface area contributed by atoms with Gasteiger partial charge in [0.25, 0.3) is 0 Å². The lowest BCUT2D eigenvalue weighted by atomic mass is 9.99. The first-order valence-corrected chi connectivity index (χ1v) is 14.5. The van der Waals surface area contributed by atoms with Crippen LogP contribution in [-0.2, 0) is 16.4 Å². The minimum atomic E-state index is -3.25. The van der Waals surface area contributed by atoms with Crippen molar-refractivity contribution in [2.75, 3.05) is 37.9 Å². The van der Waals surface area contributed by atoms with Gasteiger partial charge in [-0.1, -0.05) is 12.1 Å². The van der Waals surface area contributed by atoms with E-state index in [1.807, 2.05) is 13.8 Å². The molecule has 1 aliphatic heterocycles. The van der Waals surface area contributed by atoms with Gasteiger partial charge in [0, 0.05) is 38.1 Å². The molecule has 37 heavy (non-hydrogen) atoms. The van der Waals surface area contributed by atoms with E-state index in [0.717, 1.165) is 60.7 Å². The van der Waals surface area contributed by atoms with Crippen LogP contribution < -0.4 is 14.8 Å². The fourth-order valence-corrected chi connectivity index (χ4v) is 5.12. The summed E-state index contributed by atoms with van der Waals surface area (Å²) in [4.78, 5) is 6.88. The summed E-state index contributed by atoms with van der Waals surface area (Å²) in [5, 5.41) is 3.43. The van der Waals surface area contributed by atoms with Crippen molar-refractivity contribution >= 4 is 15.7 Å². The van der Waals surface area contributed by atoms with Crippen LogP contribution in [0.5, 0.6) is 11.5 Å².